The highest BCUT2D eigenvalue weighted by Gasteiger charge is 2.23. The van der Waals surface area contributed by atoms with Gasteiger partial charge >= 0.3 is 0 Å². The fourth-order valence-electron chi connectivity index (χ4n) is 11.5. The van der Waals surface area contributed by atoms with Gasteiger partial charge < -0.3 is 4.57 Å². The largest absolute Gasteiger partial charge is 0.307 e. The van der Waals surface area contributed by atoms with Gasteiger partial charge in [0.1, 0.15) is 0 Å². The monoisotopic (exact) mass is 973 g/mol. The normalized spacial score (nSPS) is 11.7. The zero-order chi connectivity index (χ0) is 49.4. The lowest BCUT2D eigenvalue weighted by Crippen LogP contribution is -2.07. The number of para-hydroxylation sites is 3. The van der Waals surface area contributed by atoms with Gasteiger partial charge in [0.05, 0.1) is 22.1 Å². The summed E-state index contributed by atoms with van der Waals surface area (Å²) >= 11 is 1.89. The van der Waals surface area contributed by atoms with Crippen molar-refractivity contribution >= 4 is 107 Å². The number of nitrogens with zero attached hydrogens (tertiary/aromatic N) is 5. The van der Waals surface area contributed by atoms with Gasteiger partial charge in [-0.25, -0.2) is 4.98 Å². The van der Waals surface area contributed by atoms with E-state index in [9.17, 15) is 0 Å². The lowest BCUT2D eigenvalue weighted by molar-refractivity contribution is 0.953. The lowest BCUT2D eigenvalue weighted by atomic mass is 9.92. The molecule has 5 nitrogen and oxygen atoms in total. The van der Waals surface area contributed by atoms with E-state index in [1.165, 1.54) is 74.4 Å². The SMILES string of the molecule is c1ccc(-c2nc(-c3ccccc3)nc(-n3c4ccccc4c4ccc5c6ccccc6n(-c6ccccc6)c5c43)n2)cc1.c1ccc2c(c1)sc1c(-c3ccc4c5ccccc5c5ccccc5c4c3)cccc12. The first kappa shape index (κ1) is 42.9. The molecule has 12 aromatic carbocycles. The maximum atomic E-state index is 5.17. The summed E-state index contributed by atoms with van der Waals surface area (Å²) in [6, 6.07) is 92.5. The van der Waals surface area contributed by atoms with Gasteiger partial charge in [0.2, 0.25) is 5.95 Å². The molecule has 0 fully saturated rings. The van der Waals surface area contributed by atoms with Crippen LogP contribution in [0.5, 0.6) is 0 Å². The van der Waals surface area contributed by atoms with Gasteiger partial charge in [-0.15, -0.1) is 11.3 Å². The maximum Gasteiger partial charge on any atom is 0.238 e. The molecule has 6 heteroatoms. The van der Waals surface area contributed by atoms with E-state index in [0.29, 0.717) is 17.6 Å². The molecule has 0 unspecified atom stereocenters. The molecule has 0 saturated heterocycles. The molecule has 350 valence electrons. The van der Waals surface area contributed by atoms with Gasteiger partial charge in [0.25, 0.3) is 0 Å². The summed E-state index contributed by atoms with van der Waals surface area (Å²) < 4.78 is 7.32. The maximum absolute atomic E-state index is 5.17. The first-order valence-corrected chi connectivity index (χ1v) is 26.2. The van der Waals surface area contributed by atoms with Gasteiger partial charge in [-0.05, 0) is 79.8 Å². The van der Waals surface area contributed by atoms with Crippen molar-refractivity contribution in [2.45, 2.75) is 0 Å². The summed E-state index contributed by atoms with van der Waals surface area (Å²) in [4.78, 5) is 15.3. The smallest absolute Gasteiger partial charge is 0.238 e. The Labute approximate surface area is 435 Å². The Hall–Kier alpha value is -9.75. The Balaban J connectivity index is 0.000000140. The number of hydrogen-bond acceptors (Lipinski definition) is 4. The van der Waals surface area contributed by atoms with Crippen LogP contribution >= 0.6 is 11.3 Å². The molecule has 4 heterocycles. The molecule has 0 radical (unpaired) electrons. The fraction of sp³-hybridized carbons (Fsp3) is 0. The highest BCUT2D eigenvalue weighted by atomic mass is 32.1. The van der Waals surface area contributed by atoms with Crippen LogP contribution in [-0.2, 0) is 0 Å². The average Bonchev–Trinajstić information content (AvgIpc) is 4.26. The number of fused-ring (bicyclic) bond motifs is 16. The molecule has 0 aliphatic rings. The number of thiophene rings is 1. The van der Waals surface area contributed by atoms with E-state index in [-0.39, 0.29) is 0 Å². The summed E-state index contributed by atoms with van der Waals surface area (Å²) in [6.07, 6.45) is 0. The third-order valence-corrected chi connectivity index (χ3v) is 16.1. The number of hydrogen-bond donors (Lipinski definition) is 0. The highest BCUT2D eigenvalue weighted by Crippen LogP contribution is 2.44. The number of rotatable bonds is 5. The first-order chi connectivity index (χ1) is 37.2. The average molecular weight is 974 g/mol. The Bertz CT molecular complexity index is 4790. The molecule has 0 aliphatic heterocycles. The molecular formula is C69H43N5S. The topological polar surface area (TPSA) is 48.5 Å². The van der Waals surface area contributed by atoms with Crippen molar-refractivity contribution in [3.63, 3.8) is 0 Å². The Morgan fingerprint density at radius 3 is 1.32 bits per heavy atom. The molecule has 16 rings (SSSR count). The van der Waals surface area contributed by atoms with Crippen LogP contribution in [0.3, 0.4) is 0 Å². The molecule has 0 spiro atoms. The van der Waals surface area contributed by atoms with E-state index >= 15 is 0 Å². The summed E-state index contributed by atoms with van der Waals surface area (Å²) in [7, 11) is 0. The van der Waals surface area contributed by atoms with E-state index in [0.717, 1.165) is 49.7 Å². The zero-order valence-electron chi connectivity index (χ0n) is 40.5. The van der Waals surface area contributed by atoms with Crippen LogP contribution in [0.4, 0.5) is 0 Å². The number of benzene rings is 12. The molecule has 0 amide bonds. The summed E-state index contributed by atoms with van der Waals surface area (Å²) in [6.45, 7) is 0. The third kappa shape index (κ3) is 6.95. The summed E-state index contributed by atoms with van der Waals surface area (Å²) in [5.74, 6) is 1.86. The van der Waals surface area contributed by atoms with E-state index in [1.54, 1.807) is 0 Å². The van der Waals surface area contributed by atoms with Crippen molar-refractivity contribution in [2.75, 3.05) is 0 Å². The second-order valence-electron chi connectivity index (χ2n) is 19.0. The zero-order valence-corrected chi connectivity index (χ0v) is 41.3. The quantitative estimate of drug-likeness (QED) is 0.162. The molecule has 0 saturated carbocycles. The van der Waals surface area contributed by atoms with Crippen LogP contribution in [0.25, 0.3) is 142 Å². The molecular weight excluding hydrogens is 931 g/mol. The van der Waals surface area contributed by atoms with E-state index in [2.05, 4.69) is 209 Å². The van der Waals surface area contributed by atoms with Gasteiger partial charge in [-0.1, -0.05) is 224 Å². The lowest BCUT2D eigenvalue weighted by Gasteiger charge is -2.13. The van der Waals surface area contributed by atoms with Crippen molar-refractivity contribution in [2.24, 2.45) is 0 Å². The second kappa shape index (κ2) is 17.5. The van der Waals surface area contributed by atoms with Crippen LogP contribution in [0.2, 0.25) is 0 Å². The van der Waals surface area contributed by atoms with Crippen LogP contribution < -0.4 is 0 Å². The molecule has 16 aromatic rings. The minimum atomic E-state index is 0.585. The molecule has 75 heavy (non-hydrogen) atoms. The molecule has 0 bridgehead atoms. The second-order valence-corrected chi connectivity index (χ2v) is 20.1. The van der Waals surface area contributed by atoms with Gasteiger partial charge in [0, 0.05) is 58.5 Å². The van der Waals surface area contributed by atoms with Gasteiger partial charge in [-0.3, -0.25) is 4.57 Å². The Kier molecular flexibility index (Phi) is 10.00. The number of aromatic nitrogens is 5. The predicted octanol–water partition coefficient (Wildman–Crippen LogP) is 18.6. The highest BCUT2D eigenvalue weighted by molar-refractivity contribution is 7.26. The Morgan fingerprint density at radius 1 is 0.280 bits per heavy atom. The Morgan fingerprint density at radius 2 is 0.720 bits per heavy atom. The van der Waals surface area contributed by atoms with E-state index in [4.69, 9.17) is 15.0 Å². The van der Waals surface area contributed by atoms with Crippen LogP contribution in [0.1, 0.15) is 0 Å². The van der Waals surface area contributed by atoms with Crippen LogP contribution in [0.15, 0.2) is 261 Å². The first-order valence-electron chi connectivity index (χ1n) is 25.4. The van der Waals surface area contributed by atoms with Crippen LogP contribution in [0, 0.1) is 0 Å². The van der Waals surface area contributed by atoms with Crippen molar-refractivity contribution in [3.8, 4) is 45.5 Å². The predicted molar refractivity (Wildman–Crippen MR) is 317 cm³/mol. The standard InChI is InChI=1S/C39H25N5.C30H18S/c1-4-14-26(15-5-1)37-40-38(27-16-6-2-7-17-27)42-39(41-37)44-34-23-13-11-21-30(34)32-25-24-31-29-20-10-12-22-33(29)43(35(31)36(32)44)28-18-8-3-9-19-28;1-2-10-23-21(8-1)22-9-3-4-11-24(22)28-18-19(16-17-25(23)28)20-13-7-14-27-26-12-5-6-15-29(26)31-30(20)27/h1-25H;1-18H. The van der Waals surface area contributed by atoms with E-state index in [1.807, 2.05) is 72.0 Å². The minimum Gasteiger partial charge on any atom is -0.307 e. The van der Waals surface area contributed by atoms with Crippen molar-refractivity contribution in [3.05, 3.63) is 261 Å². The molecule has 4 aromatic heterocycles. The molecule has 0 N–H and O–H groups in total. The van der Waals surface area contributed by atoms with Crippen molar-refractivity contribution < 1.29 is 0 Å². The minimum absolute atomic E-state index is 0.585. The van der Waals surface area contributed by atoms with Crippen LogP contribution in [-0.4, -0.2) is 24.1 Å². The third-order valence-electron chi connectivity index (χ3n) is 14.8. The summed E-state index contributed by atoms with van der Waals surface area (Å²) in [5, 5.41) is 15.3. The van der Waals surface area contributed by atoms with E-state index < -0.39 is 0 Å². The molecule has 0 aliphatic carbocycles. The fourth-order valence-corrected chi connectivity index (χ4v) is 12.7. The van der Waals surface area contributed by atoms with Crippen molar-refractivity contribution in [1.82, 2.24) is 24.1 Å². The van der Waals surface area contributed by atoms with Gasteiger partial charge in [0.15, 0.2) is 11.6 Å². The van der Waals surface area contributed by atoms with Gasteiger partial charge in [-0.2, -0.15) is 9.97 Å². The van der Waals surface area contributed by atoms with Crippen molar-refractivity contribution in [1.29, 1.82) is 0 Å². The summed E-state index contributed by atoms with van der Waals surface area (Å²) in [5.41, 5.74) is 9.97. The molecule has 0 atom stereocenters.